The van der Waals surface area contributed by atoms with Crippen LogP contribution in [-0.2, 0) is 0 Å². The van der Waals surface area contributed by atoms with Gasteiger partial charge in [0, 0.05) is 27.8 Å². The third kappa shape index (κ3) is 4.51. The summed E-state index contributed by atoms with van der Waals surface area (Å²) in [4.78, 5) is 2.34. The summed E-state index contributed by atoms with van der Waals surface area (Å²) < 4.78 is 6.19. The molecule has 216 valence electrons. The highest BCUT2D eigenvalue weighted by molar-refractivity contribution is 6.09. The number of benzene rings is 8. The third-order valence-electron chi connectivity index (χ3n) is 9.06. The predicted molar refractivity (Wildman–Crippen MR) is 194 cm³/mol. The summed E-state index contributed by atoms with van der Waals surface area (Å²) >= 11 is 0. The van der Waals surface area contributed by atoms with E-state index >= 15 is 0 Å². The molecule has 9 rings (SSSR count). The summed E-state index contributed by atoms with van der Waals surface area (Å²) in [6.07, 6.45) is 0. The SMILES string of the molecule is c1ccc(-c2ccc(N(c3ccc(-c4ccc5c(c4)oc4ccccc45)cc3)c3ccc4c(ccc5ccccc54)c3)cc2)cc1. The first-order valence-corrected chi connectivity index (χ1v) is 15.7. The Hall–Kier alpha value is -6.12. The Kier molecular flexibility index (Phi) is 6.17. The molecular formula is C44H29NO. The van der Waals surface area contributed by atoms with Crippen molar-refractivity contribution in [3.63, 3.8) is 0 Å². The molecule has 2 heteroatoms. The molecule has 0 aliphatic carbocycles. The second-order valence-corrected chi connectivity index (χ2v) is 11.8. The van der Waals surface area contributed by atoms with Gasteiger partial charge in [0.15, 0.2) is 0 Å². The van der Waals surface area contributed by atoms with E-state index in [1.54, 1.807) is 0 Å². The molecule has 0 fully saturated rings. The molecule has 0 N–H and O–H groups in total. The maximum Gasteiger partial charge on any atom is 0.136 e. The molecule has 8 aromatic carbocycles. The summed E-state index contributed by atoms with van der Waals surface area (Å²) in [7, 11) is 0. The molecule has 1 heterocycles. The smallest absolute Gasteiger partial charge is 0.136 e. The molecule has 0 spiro atoms. The van der Waals surface area contributed by atoms with Gasteiger partial charge in [-0.2, -0.15) is 0 Å². The quantitative estimate of drug-likeness (QED) is 0.186. The third-order valence-corrected chi connectivity index (χ3v) is 9.06. The lowest BCUT2D eigenvalue weighted by Gasteiger charge is -2.26. The van der Waals surface area contributed by atoms with Crippen LogP contribution in [0.2, 0.25) is 0 Å². The van der Waals surface area contributed by atoms with E-state index in [9.17, 15) is 0 Å². The van der Waals surface area contributed by atoms with Crippen LogP contribution < -0.4 is 4.90 Å². The molecule has 9 aromatic rings. The number of hydrogen-bond acceptors (Lipinski definition) is 2. The fraction of sp³-hybridized carbons (Fsp3) is 0. The van der Waals surface area contributed by atoms with Gasteiger partial charge in [0.25, 0.3) is 0 Å². The Labute approximate surface area is 267 Å². The van der Waals surface area contributed by atoms with Crippen LogP contribution in [0, 0.1) is 0 Å². The first-order chi connectivity index (χ1) is 22.8. The summed E-state index contributed by atoms with van der Waals surface area (Å²) in [6.45, 7) is 0. The topological polar surface area (TPSA) is 16.4 Å². The van der Waals surface area contributed by atoms with Crippen LogP contribution in [0.1, 0.15) is 0 Å². The van der Waals surface area contributed by atoms with E-state index in [0.29, 0.717) is 0 Å². The lowest BCUT2D eigenvalue weighted by molar-refractivity contribution is 0.669. The lowest BCUT2D eigenvalue weighted by atomic mass is 10.0. The molecule has 0 aliphatic heterocycles. The number of rotatable bonds is 5. The number of para-hydroxylation sites is 1. The molecule has 0 radical (unpaired) electrons. The molecular weight excluding hydrogens is 558 g/mol. The van der Waals surface area contributed by atoms with Gasteiger partial charge >= 0.3 is 0 Å². The molecule has 1 aromatic heterocycles. The lowest BCUT2D eigenvalue weighted by Crippen LogP contribution is -2.09. The number of furan rings is 1. The number of fused-ring (bicyclic) bond motifs is 6. The minimum atomic E-state index is 0.909. The Bertz CT molecular complexity index is 2510. The van der Waals surface area contributed by atoms with E-state index in [4.69, 9.17) is 4.42 Å². The van der Waals surface area contributed by atoms with Gasteiger partial charge in [-0.3, -0.25) is 0 Å². The van der Waals surface area contributed by atoms with E-state index in [0.717, 1.165) is 50.1 Å². The zero-order valence-electron chi connectivity index (χ0n) is 25.1. The number of anilines is 3. The van der Waals surface area contributed by atoms with Gasteiger partial charge in [0.2, 0.25) is 0 Å². The predicted octanol–water partition coefficient (Wildman–Crippen LogP) is 12.7. The Morgan fingerprint density at radius 2 is 0.826 bits per heavy atom. The maximum atomic E-state index is 6.19. The Morgan fingerprint density at radius 3 is 1.61 bits per heavy atom. The van der Waals surface area contributed by atoms with Crippen molar-refractivity contribution in [2.45, 2.75) is 0 Å². The van der Waals surface area contributed by atoms with Crippen LogP contribution in [0.4, 0.5) is 17.1 Å². The van der Waals surface area contributed by atoms with Crippen LogP contribution in [0.15, 0.2) is 180 Å². The van der Waals surface area contributed by atoms with Crippen LogP contribution in [0.25, 0.3) is 65.7 Å². The van der Waals surface area contributed by atoms with E-state index in [1.807, 2.05) is 12.1 Å². The van der Waals surface area contributed by atoms with E-state index in [-0.39, 0.29) is 0 Å². The monoisotopic (exact) mass is 587 g/mol. The zero-order valence-corrected chi connectivity index (χ0v) is 25.1. The molecule has 0 unspecified atom stereocenters. The van der Waals surface area contributed by atoms with Crippen molar-refractivity contribution in [1.29, 1.82) is 0 Å². The fourth-order valence-corrected chi connectivity index (χ4v) is 6.73. The van der Waals surface area contributed by atoms with Crippen LogP contribution >= 0.6 is 0 Å². The van der Waals surface area contributed by atoms with Gasteiger partial charge in [-0.15, -0.1) is 0 Å². The van der Waals surface area contributed by atoms with Gasteiger partial charge in [0.05, 0.1) is 0 Å². The highest BCUT2D eigenvalue weighted by atomic mass is 16.3. The van der Waals surface area contributed by atoms with Gasteiger partial charge < -0.3 is 9.32 Å². The Morgan fingerprint density at radius 1 is 0.304 bits per heavy atom. The average Bonchev–Trinajstić information content (AvgIpc) is 3.50. The second-order valence-electron chi connectivity index (χ2n) is 11.8. The van der Waals surface area contributed by atoms with Crippen molar-refractivity contribution in [1.82, 2.24) is 0 Å². The van der Waals surface area contributed by atoms with Gasteiger partial charge in [0.1, 0.15) is 11.2 Å². The largest absolute Gasteiger partial charge is 0.456 e. The second kappa shape index (κ2) is 10.8. The summed E-state index contributed by atoms with van der Waals surface area (Å²) in [5, 5.41) is 7.31. The van der Waals surface area contributed by atoms with Crippen molar-refractivity contribution in [3.8, 4) is 22.3 Å². The van der Waals surface area contributed by atoms with Crippen LogP contribution in [0.5, 0.6) is 0 Å². The highest BCUT2D eigenvalue weighted by Crippen LogP contribution is 2.39. The summed E-state index contributed by atoms with van der Waals surface area (Å²) in [5.41, 5.74) is 9.84. The van der Waals surface area contributed by atoms with Crippen molar-refractivity contribution < 1.29 is 4.42 Å². The van der Waals surface area contributed by atoms with Crippen molar-refractivity contribution in [2.24, 2.45) is 0 Å². The summed E-state index contributed by atoms with van der Waals surface area (Å²) in [6, 6.07) is 62.8. The van der Waals surface area contributed by atoms with E-state index in [2.05, 4.69) is 169 Å². The summed E-state index contributed by atoms with van der Waals surface area (Å²) in [5.74, 6) is 0. The zero-order chi connectivity index (χ0) is 30.5. The minimum Gasteiger partial charge on any atom is -0.456 e. The Balaban J connectivity index is 1.13. The first kappa shape index (κ1) is 26.3. The van der Waals surface area contributed by atoms with Crippen molar-refractivity contribution in [2.75, 3.05) is 4.90 Å². The van der Waals surface area contributed by atoms with Gasteiger partial charge in [-0.1, -0.05) is 121 Å². The first-order valence-electron chi connectivity index (χ1n) is 15.7. The standard InChI is InChI=1S/C44H29NO/c1-2-8-30(9-3-1)31-16-21-36(22-17-31)45(38-25-27-40-35(28-38)15-14-33-10-4-5-11-39(33)40)37-23-18-32(19-24-37)34-20-26-42-41-12-6-7-13-43(41)46-44(42)29-34/h1-29H. The van der Waals surface area contributed by atoms with Crippen molar-refractivity contribution in [3.05, 3.63) is 176 Å². The highest BCUT2D eigenvalue weighted by Gasteiger charge is 2.15. The van der Waals surface area contributed by atoms with E-state index in [1.165, 1.54) is 32.7 Å². The van der Waals surface area contributed by atoms with Crippen molar-refractivity contribution >= 4 is 60.5 Å². The fourth-order valence-electron chi connectivity index (χ4n) is 6.73. The molecule has 46 heavy (non-hydrogen) atoms. The average molecular weight is 588 g/mol. The van der Waals surface area contributed by atoms with Gasteiger partial charge in [-0.25, -0.2) is 0 Å². The molecule has 0 atom stereocenters. The van der Waals surface area contributed by atoms with Gasteiger partial charge in [-0.05, 0) is 98.4 Å². The molecule has 2 nitrogen and oxygen atoms in total. The van der Waals surface area contributed by atoms with E-state index < -0.39 is 0 Å². The van der Waals surface area contributed by atoms with Crippen LogP contribution in [0.3, 0.4) is 0 Å². The van der Waals surface area contributed by atoms with Crippen LogP contribution in [-0.4, -0.2) is 0 Å². The normalized spacial score (nSPS) is 11.5. The molecule has 0 amide bonds. The maximum absolute atomic E-state index is 6.19. The molecule has 0 bridgehead atoms. The minimum absolute atomic E-state index is 0.909. The number of hydrogen-bond donors (Lipinski definition) is 0. The molecule has 0 saturated carbocycles. The molecule has 0 saturated heterocycles. The molecule has 0 aliphatic rings. The number of nitrogens with zero attached hydrogens (tertiary/aromatic N) is 1.